The first-order chi connectivity index (χ1) is 9.63. The number of rotatable bonds is 5. The number of thiazole rings is 1. The SMILES string of the molecule is CSc1cc(C)ccc1CNC(=O)c1csc(CN)n1. The minimum atomic E-state index is -0.159. The number of hydrogen-bond donors (Lipinski definition) is 2. The van der Waals surface area contributed by atoms with Crippen LogP contribution in [0.1, 0.15) is 26.6 Å². The van der Waals surface area contributed by atoms with Gasteiger partial charge in [-0.25, -0.2) is 4.98 Å². The third-order valence-corrected chi connectivity index (χ3v) is 4.53. The van der Waals surface area contributed by atoms with Crippen LogP contribution >= 0.6 is 23.1 Å². The van der Waals surface area contributed by atoms with E-state index in [9.17, 15) is 4.79 Å². The van der Waals surface area contributed by atoms with Gasteiger partial charge < -0.3 is 11.1 Å². The molecule has 0 radical (unpaired) electrons. The number of aromatic nitrogens is 1. The Labute approximate surface area is 126 Å². The third kappa shape index (κ3) is 3.59. The lowest BCUT2D eigenvalue weighted by Gasteiger charge is -2.09. The van der Waals surface area contributed by atoms with E-state index in [1.807, 2.05) is 12.3 Å². The van der Waals surface area contributed by atoms with Crippen molar-refractivity contribution in [3.05, 3.63) is 45.4 Å². The predicted octanol–water partition coefficient (Wildman–Crippen LogP) is 2.56. The second-order valence-corrected chi connectivity index (χ2v) is 6.12. The van der Waals surface area contributed by atoms with Crippen molar-refractivity contribution in [1.29, 1.82) is 0 Å². The highest BCUT2D eigenvalue weighted by atomic mass is 32.2. The summed E-state index contributed by atoms with van der Waals surface area (Å²) in [5.74, 6) is -0.159. The molecule has 0 bridgehead atoms. The van der Waals surface area contributed by atoms with Crippen LogP contribution < -0.4 is 11.1 Å². The van der Waals surface area contributed by atoms with E-state index in [-0.39, 0.29) is 5.91 Å². The highest BCUT2D eigenvalue weighted by Crippen LogP contribution is 2.21. The van der Waals surface area contributed by atoms with E-state index in [2.05, 4.69) is 29.4 Å². The molecule has 1 aromatic carbocycles. The number of carbonyl (C=O) groups excluding carboxylic acids is 1. The molecule has 0 atom stereocenters. The molecule has 2 aromatic rings. The van der Waals surface area contributed by atoms with E-state index in [0.717, 1.165) is 10.6 Å². The Morgan fingerprint density at radius 3 is 2.95 bits per heavy atom. The Morgan fingerprint density at radius 1 is 1.50 bits per heavy atom. The summed E-state index contributed by atoms with van der Waals surface area (Å²) < 4.78 is 0. The summed E-state index contributed by atoms with van der Waals surface area (Å²) in [6.45, 7) is 2.93. The molecule has 106 valence electrons. The molecule has 1 heterocycles. The van der Waals surface area contributed by atoms with Gasteiger partial charge in [-0.3, -0.25) is 4.79 Å². The van der Waals surface area contributed by atoms with Gasteiger partial charge in [-0.2, -0.15) is 0 Å². The zero-order valence-corrected chi connectivity index (χ0v) is 13.1. The minimum Gasteiger partial charge on any atom is -0.347 e. The largest absolute Gasteiger partial charge is 0.347 e. The number of benzene rings is 1. The van der Waals surface area contributed by atoms with Crippen molar-refractivity contribution in [3.8, 4) is 0 Å². The molecule has 1 amide bonds. The molecule has 0 fully saturated rings. The van der Waals surface area contributed by atoms with Crippen LogP contribution in [0.3, 0.4) is 0 Å². The third-order valence-electron chi connectivity index (χ3n) is 2.84. The molecular weight excluding hydrogens is 290 g/mol. The summed E-state index contributed by atoms with van der Waals surface area (Å²) in [5.41, 5.74) is 8.27. The predicted molar refractivity (Wildman–Crippen MR) is 84.1 cm³/mol. The van der Waals surface area contributed by atoms with Gasteiger partial charge in [0.05, 0.1) is 0 Å². The maximum absolute atomic E-state index is 12.0. The quantitative estimate of drug-likeness (QED) is 0.833. The second kappa shape index (κ2) is 6.88. The van der Waals surface area contributed by atoms with Gasteiger partial charge in [0.25, 0.3) is 5.91 Å². The highest BCUT2D eigenvalue weighted by Gasteiger charge is 2.10. The van der Waals surface area contributed by atoms with Crippen molar-refractivity contribution in [2.45, 2.75) is 24.9 Å². The molecule has 0 saturated carbocycles. The van der Waals surface area contributed by atoms with E-state index in [1.54, 1.807) is 17.1 Å². The number of nitrogens with one attached hydrogen (secondary N) is 1. The smallest absolute Gasteiger partial charge is 0.271 e. The van der Waals surface area contributed by atoms with Crippen molar-refractivity contribution in [1.82, 2.24) is 10.3 Å². The van der Waals surface area contributed by atoms with Crippen LogP contribution in [0.25, 0.3) is 0 Å². The van der Waals surface area contributed by atoms with E-state index < -0.39 is 0 Å². The number of nitrogens with two attached hydrogens (primary N) is 1. The Kier molecular flexibility index (Phi) is 5.17. The van der Waals surface area contributed by atoms with E-state index >= 15 is 0 Å². The van der Waals surface area contributed by atoms with Gasteiger partial charge in [-0.05, 0) is 30.4 Å². The molecule has 0 aliphatic carbocycles. The molecule has 0 aliphatic rings. The van der Waals surface area contributed by atoms with Crippen LogP contribution in [-0.4, -0.2) is 17.1 Å². The van der Waals surface area contributed by atoms with Crippen LogP contribution in [0.2, 0.25) is 0 Å². The molecule has 0 unspecified atom stereocenters. The van der Waals surface area contributed by atoms with Crippen LogP contribution in [0.5, 0.6) is 0 Å². The van der Waals surface area contributed by atoms with Crippen LogP contribution in [0.4, 0.5) is 0 Å². The van der Waals surface area contributed by atoms with E-state index in [1.165, 1.54) is 21.8 Å². The van der Waals surface area contributed by atoms with Crippen LogP contribution in [0, 0.1) is 6.92 Å². The number of aryl methyl sites for hydroxylation is 1. The topological polar surface area (TPSA) is 68.0 Å². The molecule has 0 spiro atoms. The Bertz CT molecular complexity index is 610. The lowest BCUT2D eigenvalue weighted by Crippen LogP contribution is -2.23. The lowest BCUT2D eigenvalue weighted by molar-refractivity contribution is 0.0946. The van der Waals surface area contributed by atoms with E-state index in [0.29, 0.717) is 18.8 Å². The zero-order chi connectivity index (χ0) is 14.5. The fraction of sp³-hybridized carbons (Fsp3) is 0.286. The lowest BCUT2D eigenvalue weighted by atomic mass is 10.1. The molecule has 0 aliphatic heterocycles. The number of carbonyl (C=O) groups is 1. The van der Waals surface area contributed by atoms with Gasteiger partial charge in [-0.1, -0.05) is 12.1 Å². The number of nitrogens with zero attached hydrogens (tertiary/aromatic N) is 1. The average Bonchev–Trinajstić information content (AvgIpc) is 2.94. The summed E-state index contributed by atoms with van der Waals surface area (Å²) in [5, 5.41) is 5.41. The van der Waals surface area contributed by atoms with Crippen molar-refractivity contribution < 1.29 is 4.79 Å². The molecule has 0 saturated heterocycles. The first-order valence-electron chi connectivity index (χ1n) is 6.20. The van der Waals surface area contributed by atoms with Gasteiger partial charge in [0.1, 0.15) is 10.7 Å². The summed E-state index contributed by atoms with van der Waals surface area (Å²) in [4.78, 5) is 17.4. The Hall–Kier alpha value is -1.37. The highest BCUT2D eigenvalue weighted by molar-refractivity contribution is 7.98. The first-order valence-corrected chi connectivity index (χ1v) is 8.30. The summed E-state index contributed by atoms with van der Waals surface area (Å²) in [7, 11) is 0. The van der Waals surface area contributed by atoms with Crippen LogP contribution in [0.15, 0.2) is 28.5 Å². The molecular formula is C14H17N3OS2. The Balaban J connectivity index is 2.03. The van der Waals surface area contributed by atoms with Gasteiger partial charge in [0, 0.05) is 23.4 Å². The minimum absolute atomic E-state index is 0.159. The second-order valence-electron chi connectivity index (χ2n) is 4.33. The summed E-state index contributed by atoms with van der Waals surface area (Å²) in [6, 6.07) is 6.23. The van der Waals surface area contributed by atoms with Gasteiger partial charge in [0.2, 0.25) is 0 Å². The standard InChI is InChI=1S/C14H17N3OS2/c1-9-3-4-10(12(5-9)19-2)7-16-14(18)11-8-20-13(6-15)17-11/h3-5,8H,6-7,15H2,1-2H3,(H,16,18). The Morgan fingerprint density at radius 2 is 2.30 bits per heavy atom. The average molecular weight is 307 g/mol. The normalized spacial score (nSPS) is 10.6. The molecule has 3 N–H and O–H groups in total. The molecule has 2 rings (SSSR count). The number of amides is 1. The zero-order valence-electron chi connectivity index (χ0n) is 11.5. The fourth-order valence-electron chi connectivity index (χ4n) is 1.77. The van der Waals surface area contributed by atoms with Crippen molar-refractivity contribution in [3.63, 3.8) is 0 Å². The maximum atomic E-state index is 12.0. The molecule has 20 heavy (non-hydrogen) atoms. The van der Waals surface area contributed by atoms with E-state index in [4.69, 9.17) is 5.73 Å². The van der Waals surface area contributed by atoms with Crippen LogP contribution in [-0.2, 0) is 13.1 Å². The molecule has 4 nitrogen and oxygen atoms in total. The monoisotopic (exact) mass is 307 g/mol. The summed E-state index contributed by atoms with van der Waals surface area (Å²) >= 11 is 3.09. The maximum Gasteiger partial charge on any atom is 0.271 e. The van der Waals surface area contributed by atoms with Gasteiger partial charge in [0.15, 0.2) is 0 Å². The fourth-order valence-corrected chi connectivity index (χ4v) is 3.13. The van der Waals surface area contributed by atoms with Gasteiger partial charge >= 0.3 is 0 Å². The first kappa shape index (κ1) is 15.0. The van der Waals surface area contributed by atoms with Crippen molar-refractivity contribution >= 4 is 29.0 Å². The summed E-state index contributed by atoms with van der Waals surface area (Å²) in [6.07, 6.45) is 2.04. The molecule has 6 heteroatoms. The van der Waals surface area contributed by atoms with Crippen molar-refractivity contribution in [2.75, 3.05) is 6.26 Å². The number of hydrogen-bond acceptors (Lipinski definition) is 5. The molecule has 1 aromatic heterocycles. The van der Waals surface area contributed by atoms with Crippen molar-refractivity contribution in [2.24, 2.45) is 5.73 Å². The van der Waals surface area contributed by atoms with Gasteiger partial charge in [-0.15, -0.1) is 23.1 Å². The number of thioether (sulfide) groups is 1.